The van der Waals surface area contributed by atoms with Crippen LogP contribution in [0.1, 0.15) is 32.4 Å². The van der Waals surface area contributed by atoms with E-state index in [1.54, 1.807) is 20.8 Å². The van der Waals surface area contributed by atoms with E-state index in [1.165, 1.54) is 12.1 Å². The van der Waals surface area contributed by atoms with E-state index in [0.717, 1.165) is 6.07 Å². The summed E-state index contributed by atoms with van der Waals surface area (Å²) in [5.41, 5.74) is 5.44. The van der Waals surface area contributed by atoms with Crippen LogP contribution >= 0.6 is 0 Å². The zero-order valence-electron chi connectivity index (χ0n) is 12.4. The first kappa shape index (κ1) is 15.6. The lowest BCUT2D eigenvalue weighted by Gasteiger charge is -2.28. The van der Waals surface area contributed by atoms with Crippen LogP contribution in [-0.4, -0.2) is 11.7 Å². The molecule has 0 saturated carbocycles. The van der Waals surface area contributed by atoms with Crippen LogP contribution in [0, 0.1) is 17.1 Å². The van der Waals surface area contributed by atoms with Gasteiger partial charge in [0.05, 0.1) is 0 Å². The Labute approximate surface area is 127 Å². The van der Waals surface area contributed by atoms with Crippen molar-refractivity contribution in [2.45, 2.75) is 32.4 Å². The third kappa shape index (κ3) is 3.28. The van der Waals surface area contributed by atoms with E-state index in [2.05, 4.69) is 5.32 Å². The van der Waals surface area contributed by atoms with Gasteiger partial charge in [0.2, 0.25) is 5.88 Å². The second kappa shape index (κ2) is 5.56. The number of nitrogens with zero attached hydrogens (tertiary/aromatic N) is 1. The first-order valence-electron chi connectivity index (χ1n) is 6.58. The molecule has 1 atom stereocenters. The molecule has 0 bridgehead atoms. The van der Waals surface area contributed by atoms with Crippen molar-refractivity contribution in [3.05, 3.63) is 41.0 Å². The predicted molar refractivity (Wildman–Crippen MR) is 76.0 cm³/mol. The molecule has 7 heteroatoms. The zero-order valence-corrected chi connectivity index (χ0v) is 12.4. The molecule has 1 heterocycles. The summed E-state index contributed by atoms with van der Waals surface area (Å²) in [4.78, 5) is 12.0. The van der Waals surface area contributed by atoms with Crippen molar-refractivity contribution in [1.82, 2.24) is 5.32 Å². The van der Waals surface area contributed by atoms with Gasteiger partial charge in [-0.15, -0.1) is 0 Å². The SMILES string of the molecule is CC(C)(C)OC(=O)N[C@H]1C(C#N)=C(N)Oc2cc(F)ccc21. The lowest BCUT2D eigenvalue weighted by atomic mass is 9.97. The molecular formula is C15H16FN3O3. The summed E-state index contributed by atoms with van der Waals surface area (Å²) in [5, 5.41) is 11.8. The fraction of sp³-hybridized carbons (Fsp3) is 0.333. The van der Waals surface area contributed by atoms with E-state index in [4.69, 9.17) is 15.2 Å². The van der Waals surface area contributed by atoms with Crippen LogP contribution in [0.15, 0.2) is 29.7 Å². The molecule has 116 valence electrons. The van der Waals surface area contributed by atoms with Gasteiger partial charge in [0, 0.05) is 11.6 Å². The Morgan fingerprint density at radius 1 is 1.50 bits per heavy atom. The molecule has 0 fully saturated rings. The van der Waals surface area contributed by atoms with E-state index in [0.29, 0.717) is 5.56 Å². The van der Waals surface area contributed by atoms with Crippen LogP contribution in [0.4, 0.5) is 9.18 Å². The van der Waals surface area contributed by atoms with E-state index >= 15 is 0 Å². The number of carbonyl (C=O) groups is 1. The molecule has 1 amide bonds. The maximum absolute atomic E-state index is 13.3. The second-order valence-corrected chi connectivity index (χ2v) is 5.75. The highest BCUT2D eigenvalue weighted by atomic mass is 19.1. The van der Waals surface area contributed by atoms with Crippen molar-refractivity contribution in [2.75, 3.05) is 0 Å². The number of halogens is 1. The average molecular weight is 305 g/mol. The molecular weight excluding hydrogens is 289 g/mol. The second-order valence-electron chi connectivity index (χ2n) is 5.75. The van der Waals surface area contributed by atoms with Crippen LogP contribution in [0.3, 0.4) is 0 Å². The fourth-order valence-corrected chi connectivity index (χ4v) is 2.00. The van der Waals surface area contributed by atoms with Gasteiger partial charge in [-0.3, -0.25) is 0 Å². The number of alkyl carbamates (subject to hydrolysis) is 1. The standard InChI is InChI=1S/C15H16FN3O3/c1-15(2,3)22-14(20)19-12-9-5-4-8(16)6-11(9)21-13(18)10(12)7-17/h4-6,12H,18H2,1-3H3,(H,19,20)/t12-/m1/s1. The maximum Gasteiger partial charge on any atom is 0.408 e. The highest BCUT2D eigenvalue weighted by Gasteiger charge is 2.32. The van der Waals surface area contributed by atoms with Crippen molar-refractivity contribution in [3.63, 3.8) is 0 Å². The minimum absolute atomic E-state index is 0.0324. The number of nitriles is 1. The molecule has 3 N–H and O–H groups in total. The van der Waals surface area contributed by atoms with Crippen molar-refractivity contribution >= 4 is 6.09 Å². The largest absolute Gasteiger partial charge is 0.444 e. The normalized spacial score (nSPS) is 17.1. The molecule has 1 aliphatic rings. The highest BCUT2D eigenvalue weighted by Crippen LogP contribution is 2.36. The Morgan fingerprint density at radius 2 is 2.18 bits per heavy atom. The molecule has 2 rings (SSSR count). The van der Waals surface area contributed by atoms with Crippen molar-refractivity contribution in [1.29, 1.82) is 5.26 Å². The van der Waals surface area contributed by atoms with Crippen LogP contribution < -0.4 is 15.8 Å². The van der Waals surface area contributed by atoms with Crippen LogP contribution in [0.25, 0.3) is 0 Å². The minimum Gasteiger partial charge on any atom is -0.444 e. The number of amides is 1. The summed E-state index contributed by atoms with van der Waals surface area (Å²) in [6, 6.07) is 4.81. The zero-order chi connectivity index (χ0) is 16.5. The van der Waals surface area contributed by atoms with Crippen LogP contribution in [0.2, 0.25) is 0 Å². The van der Waals surface area contributed by atoms with E-state index in [1.807, 2.05) is 6.07 Å². The highest BCUT2D eigenvalue weighted by molar-refractivity contribution is 5.70. The number of hydrogen-bond donors (Lipinski definition) is 2. The third-order valence-corrected chi connectivity index (χ3v) is 2.84. The van der Waals surface area contributed by atoms with Gasteiger partial charge in [-0.05, 0) is 32.9 Å². The molecule has 0 radical (unpaired) electrons. The topological polar surface area (TPSA) is 97.4 Å². The van der Waals surface area contributed by atoms with Crippen molar-refractivity contribution < 1.29 is 18.7 Å². The summed E-state index contributed by atoms with van der Waals surface area (Å²) in [6.07, 6.45) is -0.713. The Kier molecular flexibility index (Phi) is 3.95. The molecule has 0 aromatic heterocycles. The monoisotopic (exact) mass is 305 g/mol. The molecule has 1 aliphatic heterocycles. The van der Waals surface area contributed by atoms with E-state index in [9.17, 15) is 14.4 Å². The van der Waals surface area contributed by atoms with Crippen molar-refractivity contribution in [2.24, 2.45) is 5.73 Å². The van der Waals surface area contributed by atoms with Gasteiger partial charge in [0.15, 0.2) is 0 Å². The van der Waals surface area contributed by atoms with Crippen LogP contribution in [0.5, 0.6) is 5.75 Å². The predicted octanol–water partition coefficient (Wildman–Crippen LogP) is 2.48. The number of rotatable bonds is 1. The van der Waals surface area contributed by atoms with Gasteiger partial charge in [-0.25, -0.2) is 9.18 Å². The van der Waals surface area contributed by atoms with Gasteiger partial charge < -0.3 is 20.5 Å². The average Bonchev–Trinajstić information content (AvgIpc) is 2.35. The lowest BCUT2D eigenvalue weighted by Crippen LogP contribution is -2.37. The summed E-state index contributed by atoms with van der Waals surface area (Å²) in [5.74, 6) is -0.540. The number of benzene rings is 1. The van der Waals surface area contributed by atoms with Gasteiger partial charge >= 0.3 is 6.09 Å². The summed E-state index contributed by atoms with van der Waals surface area (Å²) in [6.45, 7) is 5.15. The quantitative estimate of drug-likeness (QED) is 0.830. The number of carbonyl (C=O) groups excluding carboxylic acids is 1. The number of ether oxygens (including phenoxy) is 2. The Bertz CT molecular complexity index is 686. The first-order chi connectivity index (χ1) is 10.2. The molecule has 1 aromatic rings. The number of nitrogens with one attached hydrogen (secondary N) is 1. The maximum atomic E-state index is 13.3. The molecule has 0 aliphatic carbocycles. The van der Waals surface area contributed by atoms with Crippen molar-refractivity contribution in [3.8, 4) is 11.8 Å². The van der Waals surface area contributed by atoms with Crippen LogP contribution in [-0.2, 0) is 4.74 Å². The van der Waals surface area contributed by atoms with E-state index in [-0.39, 0.29) is 17.2 Å². The van der Waals surface area contributed by atoms with E-state index < -0.39 is 23.6 Å². The Balaban J connectivity index is 2.36. The molecule has 22 heavy (non-hydrogen) atoms. The van der Waals surface area contributed by atoms with Gasteiger partial charge in [-0.1, -0.05) is 0 Å². The fourth-order valence-electron chi connectivity index (χ4n) is 2.00. The Morgan fingerprint density at radius 3 is 2.77 bits per heavy atom. The van der Waals surface area contributed by atoms with Gasteiger partial charge in [-0.2, -0.15) is 5.26 Å². The lowest BCUT2D eigenvalue weighted by molar-refractivity contribution is 0.0510. The number of hydrogen-bond acceptors (Lipinski definition) is 5. The van der Waals surface area contributed by atoms with Gasteiger partial charge in [0.25, 0.3) is 0 Å². The molecule has 0 unspecified atom stereocenters. The minimum atomic E-state index is -0.857. The third-order valence-electron chi connectivity index (χ3n) is 2.84. The van der Waals surface area contributed by atoms with Gasteiger partial charge in [0.1, 0.15) is 34.9 Å². The summed E-state index contributed by atoms with van der Waals surface area (Å²) in [7, 11) is 0. The molecule has 0 spiro atoms. The Hall–Kier alpha value is -2.75. The summed E-state index contributed by atoms with van der Waals surface area (Å²) < 4.78 is 23.7. The molecule has 1 aromatic carbocycles. The summed E-state index contributed by atoms with van der Waals surface area (Å²) >= 11 is 0. The number of nitrogens with two attached hydrogens (primary N) is 1. The smallest absolute Gasteiger partial charge is 0.408 e. The molecule has 6 nitrogen and oxygen atoms in total. The number of fused-ring (bicyclic) bond motifs is 1. The first-order valence-corrected chi connectivity index (χ1v) is 6.58. The molecule has 0 saturated heterocycles.